The number of hydrogen-bond donors (Lipinski definition) is 0. The Hall–Kier alpha value is -2.24. The number of aryl methyl sites for hydroxylation is 1. The lowest BCUT2D eigenvalue weighted by Gasteiger charge is -2.26. The van der Waals surface area contributed by atoms with Gasteiger partial charge in [0.1, 0.15) is 5.82 Å². The summed E-state index contributed by atoms with van der Waals surface area (Å²) in [6, 6.07) is 3.68. The summed E-state index contributed by atoms with van der Waals surface area (Å²) < 4.78 is 1.60. The Labute approximate surface area is 142 Å². The second-order valence-corrected chi connectivity index (χ2v) is 7.49. The lowest BCUT2D eigenvalue weighted by Crippen LogP contribution is -2.38. The maximum atomic E-state index is 12.2. The molecular weight excluding hydrogens is 302 g/mol. The van der Waals surface area contributed by atoms with Crippen molar-refractivity contribution in [3.05, 3.63) is 46.3 Å². The zero-order valence-electron chi connectivity index (χ0n) is 14.9. The molecule has 3 rings (SSSR count). The molecule has 1 aliphatic rings. The zero-order valence-corrected chi connectivity index (χ0v) is 14.9. The summed E-state index contributed by atoms with van der Waals surface area (Å²) in [6.45, 7) is 9.77. The molecule has 24 heavy (non-hydrogen) atoms. The molecule has 0 bridgehead atoms. The Kier molecular flexibility index (Phi) is 4.39. The van der Waals surface area contributed by atoms with Crippen molar-refractivity contribution in [1.82, 2.24) is 19.7 Å². The molecule has 0 N–H and O–H groups in total. The van der Waals surface area contributed by atoms with Gasteiger partial charge in [-0.05, 0) is 25.8 Å². The van der Waals surface area contributed by atoms with Crippen LogP contribution >= 0.6 is 0 Å². The molecule has 6 nitrogen and oxygen atoms in total. The van der Waals surface area contributed by atoms with Gasteiger partial charge < -0.3 is 4.90 Å². The first kappa shape index (κ1) is 16.6. The van der Waals surface area contributed by atoms with Gasteiger partial charge in [-0.2, -0.15) is 5.10 Å². The van der Waals surface area contributed by atoms with Gasteiger partial charge in [0.25, 0.3) is 5.56 Å². The highest BCUT2D eigenvalue weighted by atomic mass is 16.1. The molecule has 0 radical (unpaired) electrons. The maximum Gasteiger partial charge on any atom is 0.266 e. The molecule has 1 fully saturated rings. The molecule has 2 aromatic rings. The zero-order chi connectivity index (χ0) is 17.3. The Morgan fingerprint density at radius 2 is 2.00 bits per heavy atom. The predicted molar refractivity (Wildman–Crippen MR) is 94.3 cm³/mol. The van der Waals surface area contributed by atoms with Crippen molar-refractivity contribution in [2.75, 3.05) is 11.4 Å². The summed E-state index contributed by atoms with van der Waals surface area (Å²) in [7, 11) is 0. The smallest absolute Gasteiger partial charge is 0.266 e. The second kappa shape index (κ2) is 6.34. The van der Waals surface area contributed by atoms with E-state index >= 15 is 0 Å². The predicted octanol–water partition coefficient (Wildman–Crippen LogP) is 2.31. The highest BCUT2D eigenvalue weighted by Crippen LogP contribution is 2.24. The molecule has 6 heteroatoms. The van der Waals surface area contributed by atoms with Crippen LogP contribution in [0.5, 0.6) is 0 Å². The summed E-state index contributed by atoms with van der Waals surface area (Å²) in [4.78, 5) is 23.3. The number of rotatable bonds is 3. The van der Waals surface area contributed by atoms with E-state index in [9.17, 15) is 4.79 Å². The Bertz CT molecular complexity index is 760. The minimum atomic E-state index is -0.0761. The van der Waals surface area contributed by atoms with Crippen molar-refractivity contribution in [3.8, 4) is 0 Å². The van der Waals surface area contributed by atoms with Gasteiger partial charge in [0, 0.05) is 18.0 Å². The van der Waals surface area contributed by atoms with E-state index in [0.29, 0.717) is 6.54 Å². The highest BCUT2D eigenvalue weighted by molar-refractivity contribution is 5.38. The Morgan fingerprint density at radius 3 is 2.67 bits per heavy atom. The van der Waals surface area contributed by atoms with Crippen molar-refractivity contribution in [2.45, 2.75) is 58.5 Å². The topological polar surface area (TPSA) is 63.9 Å². The van der Waals surface area contributed by atoms with Crippen molar-refractivity contribution < 1.29 is 0 Å². The molecular formula is C18H25N5O. The summed E-state index contributed by atoms with van der Waals surface area (Å²) in [5.41, 5.74) is 1.71. The standard InChI is InChI=1S/C18H25N5O/c1-13-10-20-16(11-19-13)22-9-5-6-14(22)12-23-17(24)8-7-15(21-23)18(2,3)4/h7-8,10-11,14H,5-6,9,12H2,1-4H3. The molecule has 0 amide bonds. The van der Waals surface area contributed by atoms with Gasteiger partial charge in [-0.3, -0.25) is 9.78 Å². The van der Waals surface area contributed by atoms with Gasteiger partial charge in [0.2, 0.25) is 0 Å². The SMILES string of the molecule is Cc1cnc(N2CCCC2Cn2nc(C(C)(C)C)ccc2=O)cn1. The Morgan fingerprint density at radius 1 is 1.21 bits per heavy atom. The number of anilines is 1. The van der Waals surface area contributed by atoms with Crippen LogP contribution in [0.3, 0.4) is 0 Å². The average molecular weight is 327 g/mol. The summed E-state index contributed by atoms with van der Waals surface area (Å²) >= 11 is 0. The molecule has 3 heterocycles. The molecule has 128 valence electrons. The van der Waals surface area contributed by atoms with Crippen LogP contribution in [0.4, 0.5) is 5.82 Å². The fourth-order valence-corrected chi connectivity index (χ4v) is 3.04. The van der Waals surface area contributed by atoms with Crippen LogP contribution in [0.1, 0.15) is 45.0 Å². The first-order valence-electron chi connectivity index (χ1n) is 8.48. The van der Waals surface area contributed by atoms with Crippen LogP contribution in [-0.4, -0.2) is 32.3 Å². The lowest BCUT2D eigenvalue weighted by atomic mass is 9.92. The second-order valence-electron chi connectivity index (χ2n) is 7.49. The van der Waals surface area contributed by atoms with Crippen LogP contribution < -0.4 is 10.5 Å². The van der Waals surface area contributed by atoms with Crippen molar-refractivity contribution in [3.63, 3.8) is 0 Å². The van der Waals surface area contributed by atoms with E-state index in [-0.39, 0.29) is 17.0 Å². The minimum Gasteiger partial charge on any atom is -0.350 e. The van der Waals surface area contributed by atoms with Crippen LogP contribution in [0, 0.1) is 6.92 Å². The van der Waals surface area contributed by atoms with Crippen LogP contribution in [-0.2, 0) is 12.0 Å². The molecule has 1 atom stereocenters. The molecule has 0 saturated carbocycles. The summed E-state index contributed by atoms with van der Waals surface area (Å²) in [5.74, 6) is 0.878. The van der Waals surface area contributed by atoms with Gasteiger partial charge in [0.05, 0.1) is 36.4 Å². The maximum absolute atomic E-state index is 12.2. The fraction of sp³-hybridized carbons (Fsp3) is 0.556. The third kappa shape index (κ3) is 3.47. The van der Waals surface area contributed by atoms with Crippen LogP contribution in [0.25, 0.3) is 0 Å². The van der Waals surface area contributed by atoms with Gasteiger partial charge in [-0.15, -0.1) is 0 Å². The molecule has 1 saturated heterocycles. The van der Waals surface area contributed by atoms with Gasteiger partial charge in [0.15, 0.2) is 0 Å². The van der Waals surface area contributed by atoms with Gasteiger partial charge >= 0.3 is 0 Å². The molecule has 1 unspecified atom stereocenters. The summed E-state index contributed by atoms with van der Waals surface area (Å²) in [6.07, 6.45) is 5.72. The third-order valence-corrected chi connectivity index (χ3v) is 4.46. The van der Waals surface area contributed by atoms with E-state index in [4.69, 9.17) is 0 Å². The van der Waals surface area contributed by atoms with E-state index in [1.165, 1.54) is 0 Å². The van der Waals surface area contributed by atoms with E-state index in [1.54, 1.807) is 16.9 Å². The number of hydrogen-bond acceptors (Lipinski definition) is 5. The highest BCUT2D eigenvalue weighted by Gasteiger charge is 2.27. The minimum absolute atomic E-state index is 0.0511. The largest absolute Gasteiger partial charge is 0.350 e. The van der Waals surface area contributed by atoms with Gasteiger partial charge in [-0.1, -0.05) is 20.8 Å². The average Bonchev–Trinajstić information content (AvgIpc) is 2.97. The van der Waals surface area contributed by atoms with Crippen molar-refractivity contribution in [2.24, 2.45) is 0 Å². The molecule has 0 aliphatic carbocycles. The normalized spacial score (nSPS) is 18.2. The van der Waals surface area contributed by atoms with Gasteiger partial charge in [-0.25, -0.2) is 9.67 Å². The first-order chi connectivity index (χ1) is 11.3. The fourth-order valence-electron chi connectivity index (χ4n) is 3.04. The Balaban J connectivity index is 1.85. The molecule has 0 spiro atoms. The van der Waals surface area contributed by atoms with E-state index < -0.39 is 0 Å². The molecule has 0 aromatic carbocycles. The van der Waals surface area contributed by atoms with E-state index in [1.807, 2.05) is 19.2 Å². The number of aromatic nitrogens is 4. The van der Waals surface area contributed by atoms with Crippen LogP contribution in [0.15, 0.2) is 29.3 Å². The monoisotopic (exact) mass is 327 g/mol. The third-order valence-electron chi connectivity index (χ3n) is 4.46. The lowest BCUT2D eigenvalue weighted by molar-refractivity contribution is 0.456. The van der Waals surface area contributed by atoms with E-state index in [0.717, 1.165) is 36.6 Å². The quantitative estimate of drug-likeness (QED) is 0.865. The first-order valence-corrected chi connectivity index (χ1v) is 8.48. The van der Waals surface area contributed by atoms with E-state index in [2.05, 4.69) is 40.7 Å². The van der Waals surface area contributed by atoms with Crippen molar-refractivity contribution >= 4 is 5.82 Å². The van der Waals surface area contributed by atoms with Crippen molar-refractivity contribution in [1.29, 1.82) is 0 Å². The van der Waals surface area contributed by atoms with Crippen LogP contribution in [0.2, 0.25) is 0 Å². The summed E-state index contributed by atoms with van der Waals surface area (Å²) in [5, 5.41) is 4.59. The number of nitrogens with zero attached hydrogens (tertiary/aromatic N) is 5. The molecule has 1 aliphatic heterocycles. The molecule has 2 aromatic heterocycles.